The average molecular weight is 393 g/mol. The summed E-state index contributed by atoms with van der Waals surface area (Å²) in [6.07, 6.45) is 4.02. The first-order valence-corrected chi connectivity index (χ1v) is 11.0. The van der Waals surface area contributed by atoms with Gasteiger partial charge in [-0.2, -0.15) is 0 Å². The Kier molecular flexibility index (Phi) is 5.55. The van der Waals surface area contributed by atoms with Gasteiger partial charge >= 0.3 is 0 Å². The highest BCUT2D eigenvalue weighted by molar-refractivity contribution is 7.90. The van der Waals surface area contributed by atoms with Crippen LogP contribution >= 0.6 is 11.3 Å². The van der Waals surface area contributed by atoms with Gasteiger partial charge < -0.3 is 4.74 Å². The third-order valence-electron chi connectivity index (χ3n) is 4.08. The van der Waals surface area contributed by atoms with Gasteiger partial charge in [-0.25, -0.2) is 13.4 Å². The van der Waals surface area contributed by atoms with Crippen molar-refractivity contribution in [1.82, 2.24) is 4.98 Å². The van der Waals surface area contributed by atoms with Crippen LogP contribution in [0.3, 0.4) is 0 Å². The monoisotopic (exact) mass is 392 g/mol. The molecule has 1 atom stereocenters. The van der Waals surface area contributed by atoms with Gasteiger partial charge in [-0.3, -0.25) is 9.69 Å². The molecule has 1 aliphatic heterocycles. The van der Waals surface area contributed by atoms with Crippen LogP contribution in [0.4, 0.5) is 5.13 Å². The SMILES string of the molecule is C=CCN(C(=O)[C@@H]1CCCO1)c1nc(-c2ccc(S(C)(=O)=O)cc2)cs1. The Labute approximate surface area is 157 Å². The Morgan fingerprint density at radius 1 is 1.42 bits per heavy atom. The molecule has 8 heteroatoms. The summed E-state index contributed by atoms with van der Waals surface area (Å²) in [5, 5.41) is 2.43. The zero-order valence-electron chi connectivity index (χ0n) is 14.4. The zero-order chi connectivity index (χ0) is 18.7. The number of sulfone groups is 1. The van der Waals surface area contributed by atoms with Crippen LogP contribution < -0.4 is 4.90 Å². The minimum Gasteiger partial charge on any atom is -0.368 e. The van der Waals surface area contributed by atoms with Crippen LogP contribution in [0.5, 0.6) is 0 Å². The lowest BCUT2D eigenvalue weighted by molar-refractivity contribution is -0.127. The normalized spacial score (nSPS) is 17.2. The van der Waals surface area contributed by atoms with Crippen molar-refractivity contribution in [3.05, 3.63) is 42.3 Å². The highest BCUT2D eigenvalue weighted by Crippen LogP contribution is 2.29. The van der Waals surface area contributed by atoms with Gasteiger partial charge in [0.25, 0.3) is 5.91 Å². The Morgan fingerprint density at radius 3 is 2.73 bits per heavy atom. The summed E-state index contributed by atoms with van der Waals surface area (Å²) in [6, 6.07) is 6.55. The van der Waals surface area contributed by atoms with Gasteiger partial charge in [0, 0.05) is 30.4 Å². The molecule has 0 aliphatic carbocycles. The molecule has 1 aromatic carbocycles. The van der Waals surface area contributed by atoms with E-state index in [1.54, 1.807) is 35.2 Å². The lowest BCUT2D eigenvalue weighted by Crippen LogP contribution is -2.39. The van der Waals surface area contributed by atoms with Gasteiger partial charge in [0.2, 0.25) is 0 Å². The van der Waals surface area contributed by atoms with Crippen molar-refractivity contribution in [2.24, 2.45) is 0 Å². The van der Waals surface area contributed by atoms with E-state index >= 15 is 0 Å². The maximum Gasteiger partial charge on any atom is 0.258 e. The first-order valence-electron chi connectivity index (χ1n) is 8.20. The molecule has 26 heavy (non-hydrogen) atoms. The van der Waals surface area contributed by atoms with Crippen LogP contribution in [0.2, 0.25) is 0 Å². The van der Waals surface area contributed by atoms with Crippen molar-refractivity contribution in [1.29, 1.82) is 0 Å². The van der Waals surface area contributed by atoms with Crippen LogP contribution in [0.25, 0.3) is 11.3 Å². The van der Waals surface area contributed by atoms with E-state index in [1.807, 2.05) is 5.38 Å². The lowest BCUT2D eigenvalue weighted by atomic mass is 10.2. The molecule has 6 nitrogen and oxygen atoms in total. The second-order valence-corrected chi connectivity index (χ2v) is 8.90. The first-order chi connectivity index (χ1) is 12.4. The molecule has 3 rings (SSSR count). The van der Waals surface area contributed by atoms with Crippen LogP contribution in [-0.4, -0.2) is 44.8 Å². The number of hydrogen-bond donors (Lipinski definition) is 0. The number of aromatic nitrogens is 1. The minimum atomic E-state index is -3.23. The molecule has 1 amide bonds. The molecular weight excluding hydrogens is 372 g/mol. The summed E-state index contributed by atoms with van der Waals surface area (Å²) < 4.78 is 28.6. The second-order valence-electron chi connectivity index (χ2n) is 6.05. The number of nitrogens with zero attached hydrogens (tertiary/aromatic N) is 2. The summed E-state index contributed by atoms with van der Waals surface area (Å²) >= 11 is 1.36. The summed E-state index contributed by atoms with van der Waals surface area (Å²) in [4.78, 5) is 19.1. The number of anilines is 1. The van der Waals surface area contributed by atoms with E-state index in [0.717, 1.165) is 18.4 Å². The number of carbonyl (C=O) groups excluding carboxylic acids is 1. The van der Waals surface area contributed by atoms with E-state index in [0.29, 0.717) is 24.0 Å². The third kappa shape index (κ3) is 4.03. The quantitative estimate of drug-likeness (QED) is 0.707. The van der Waals surface area contributed by atoms with Crippen molar-refractivity contribution in [3.63, 3.8) is 0 Å². The van der Waals surface area contributed by atoms with Crippen molar-refractivity contribution >= 4 is 32.2 Å². The summed E-state index contributed by atoms with van der Waals surface area (Å²) in [5.74, 6) is -0.101. The van der Waals surface area contributed by atoms with Crippen LogP contribution in [0, 0.1) is 0 Å². The van der Waals surface area contributed by atoms with Crippen LogP contribution in [-0.2, 0) is 19.4 Å². The van der Waals surface area contributed by atoms with Crippen molar-refractivity contribution in [2.75, 3.05) is 24.3 Å². The van der Waals surface area contributed by atoms with Crippen LogP contribution in [0.15, 0.2) is 47.2 Å². The van der Waals surface area contributed by atoms with E-state index in [2.05, 4.69) is 11.6 Å². The van der Waals surface area contributed by atoms with Crippen molar-refractivity contribution < 1.29 is 17.9 Å². The molecule has 0 radical (unpaired) electrons. The van der Waals surface area contributed by atoms with E-state index in [-0.39, 0.29) is 10.8 Å². The first kappa shape index (κ1) is 18.8. The summed E-state index contributed by atoms with van der Waals surface area (Å²) in [7, 11) is -3.23. The molecule has 0 spiro atoms. The van der Waals surface area contributed by atoms with Gasteiger partial charge in [-0.1, -0.05) is 18.2 Å². The number of thiazole rings is 1. The zero-order valence-corrected chi connectivity index (χ0v) is 16.1. The lowest BCUT2D eigenvalue weighted by Gasteiger charge is -2.21. The van der Waals surface area contributed by atoms with Gasteiger partial charge in [0.05, 0.1) is 10.6 Å². The van der Waals surface area contributed by atoms with E-state index < -0.39 is 15.9 Å². The smallest absolute Gasteiger partial charge is 0.258 e. The maximum atomic E-state index is 12.7. The summed E-state index contributed by atoms with van der Waals surface area (Å²) in [6.45, 7) is 4.68. The molecule has 2 heterocycles. The Hall–Kier alpha value is -2.03. The Morgan fingerprint density at radius 2 is 2.15 bits per heavy atom. The Bertz CT molecular complexity index is 898. The second kappa shape index (κ2) is 7.69. The number of hydrogen-bond acceptors (Lipinski definition) is 6. The fourth-order valence-corrected chi connectivity index (χ4v) is 4.21. The molecule has 1 aliphatic rings. The average Bonchev–Trinajstić information content (AvgIpc) is 3.30. The fraction of sp³-hybridized carbons (Fsp3) is 0.333. The molecule has 0 N–H and O–H groups in total. The molecule has 0 bridgehead atoms. The minimum absolute atomic E-state index is 0.101. The number of carbonyl (C=O) groups is 1. The highest BCUT2D eigenvalue weighted by Gasteiger charge is 2.30. The molecule has 1 saturated heterocycles. The molecule has 1 fully saturated rings. The number of amides is 1. The largest absolute Gasteiger partial charge is 0.368 e. The molecule has 1 aromatic heterocycles. The molecular formula is C18H20N2O4S2. The molecule has 138 valence electrons. The van der Waals surface area contributed by atoms with Crippen molar-refractivity contribution in [3.8, 4) is 11.3 Å². The van der Waals surface area contributed by atoms with Gasteiger partial charge in [0.15, 0.2) is 15.0 Å². The van der Waals surface area contributed by atoms with E-state index in [4.69, 9.17) is 4.74 Å². The van der Waals surface area contributed by atoms with Crippen molar-refractivity contribution in [2.45, 2.75) is 23.8 Å². The maximum absolute atomic E-state index is 12.7. The number of rotatable bonds is 6. The van der Waals surface area contributed by atoms with Crippen LogP contribution in [0.1, 0.15) is 12.8 Å². The highest BCUT2D eigenvalue weighted by atomic mass is 32.2. The van der Waals surface area contributed by atoms with E-state index in [1.165, 1.54) is 17.6 Å². The molecule has 0 saturated carbocycles. The molecule has 0 unspecified atom stereocenters. The predicted octanol–water partition coefficient (Wildman–Crippen LogP) is 2.91. The van der Waals surface area contributed by atoms with Gasteiger partial charge in [-0.15, -0.1) is 17.9 Å². The fourth-order valence-electron chi connectivity index (χ4n) is 2.73. The third-order valence-corrected chi connectivity index (χ3v) is 6.08. The standard InChI is InChI=1S/C18H20N2O4S2/c1-3-10-20(17(21)16-5-4-11-24-16)18-19-15(12-25-18)13-6-8-14(9-7-13)26(2,22)23/h3,6-9,12,16H,1,4-5,10-11H2,2H3/t16-/m0/s1. The molecule has 2 aromatic rings. The number of ether oxygens (including phenoxy) is 1. The van der Waals surface area contributed by atoms with Gasteiger partial charge in [0.1, 0.15) is 6.10 Å². The number of benzene rings is 1. The van der Waals surface area contributed by atoms with Gasteiger partial charge in [-0.05, 0) is 25.0 Å². The Balaban J connectivity index is 1.84. The summed E-state index contributed by atoms with van der Waals surface area (Å²) in [5.41, 5.74) is 1.49. The predicted molar refractivity (Wildman–Crippen MR) is 102 cm³/mol. The topological polar surface area (TPSA) is 76.6 Å². The van der Waals surface area contributed by atoms with E-state index in [9.17, 15) is 13.2 Å².